The molecule has 0 unspecified atom stereocenters. The predicted molar refractivity (Wildman–Crippen MR) is 76.9 cm³/mol. The van der Waals surface area contributed by atoms with Crippen LogP contribution in [0.4, 0.5) is 0 Å². The van der Waals surface area contributed by atoms with Crippen molar-refractivity contribution in [3.05, 3.63) is 24.3 Å². The molecular formula is C15H20N2O4. The van der Waals surface area contributed by atoms with Gasteiger partial charge >= 0.3 is 0 Å². The lowest BCUT2D eigenvalue weighted by molar-refractivity contribution is -0.132. The van der Waals surface area contributed by atoms with Gasteiger partial charge in [0.05, 0.1) is 13.0 Å². The van der Waals surface area contributed by atoms with Crippen molar-refractivity contribution in [2.45, 2.75) is 6.92 Å². The summed E-state index contributed by atoms with van der Waals surface area (Å²) in [6, 6.07) is 7.06. The van der Waals surface area contributed by atoms with Crippen molar-refractivity contribution in [1.29, 1.82) is 0 Å². The van der Waals surface area contributed by atoms with Gasteiger partial charge in [0.1, 0.15) is 11.5 Å². The zero-order valence-electron chi connectivity index (χ0n) is 12.2. The standard InChI is InChI=1S/C15H20N2O4/c1-10-7-17(8-13(10)15(16)19)14(18)9-21-12-5-3-4-11(6-12)20-2/h3-6,10,13H,7-9H2,1-2H3,(H2,16,19)/t10-,13-/m1/s1. The highest BCUT2D eigenvalue weighted by atomic mass is 16.5. The first-order valence-corrected chi connectivity index (χ1v) is 6.85. The third-order valence-corrected chi connectivity index (χ3v) is 3.73. The zero-order chi connectivity index (χ0) is 15.4. The number of carbonyl (C=O) groups is 2. The van der Waals surface area contributed by atoms with Crippen LogP contribution in [0.15, 0.2) is 24.3 Å². The minimum absolute atomic E-state index is 0.0641. The average molecular weight is 292 g/mol. The fraction of sp³-hybridized carbons (Fsp3) is 0.467. The van der Waals surface area contributed by atoms with E-state index in [2.05, 4.69) is 0 Å². The molecule has 0 aliphatic carbocycles. The van der Waals surface area contributed by atoms with Crippen LogP contribution in [0.3, 0.4) is 0 Å². The molecule has 0 spiro atoms. The van der Waals surface area contributed by atoms with E-state index in [1.807, 2.05) is 6.92 Å². The summed E-state index contributed by atoms with van der Waals surface area (Å²) in [6.07, 6.45) is 0. The average Bonchev–Trinajstić information content (AvgIpc) is 2.87. The van der Waals surface area contributed by atoms with E-state index in [0.29, 0.717) is 24.6 Å². The van der Waals surface area contributed by atoms with Crippen molar-refractivity contribution in [2.75, 3.05) is 26.8 Å². The Morgan fingerprint density at radius 3 is 2.67 bits per heavy atom. The van der Waals surface area contributed by atoms with Crippen molar-refractivity contribution in [3.63, 3.8) is 0 Å². The van der Waals surface area contributed by atoms with Crippen LogP contribution in [0, 0.1) is 11.8 Å². The van der Waals surface area contributed by atoms with Gasteiger partial charge in [0, 0.05) is 19.2 Å². The second-order valence-corrected chi connectivity index (χ2v) is 5.25. The first kappa shape index (κ1) is 15.2. The van der Waals surface area contributed by atoms with Gasteiger partial charge < -0.3 is 20.1 Å². The van der Waals surface area contributed by atoms with Gasteiger partial charge in [0.15, 0.2) is 6.61 Å². The minimum Gasteiger partial charge on any atom is -0.497 e. The third-order valence-electron chi connectivity index (χ3n) is 3.73. The van der Waals surface area contributed by atoms with Gasteiger partial charge in [0.2, 0.25) is 5.91 Å². The van der Waals surface area contributed by atoms with Gasteiger partial charge in [-0.25, -0.2) is 0 Å². The number of primary amides is 1. The monoisotopic (exact) mass is 292 g/mol. The number of methoxy groups -OCH3 is 1. The van der Waals surface area contributed by atoms with Gasteiger partial charge in [-0.3, -0.25) is 9.59 Å². The molecule has 6 nitrogen and oxygen atoms in total. The molecule has 114 valence electrons. The lowest BCUT2D eigenvalue weighted by Gasteiger charge is -2.16. The summed E-state index contributed by atoms with van der Waals surface area (Å²) in [4.78, 5) is 25.0. The van der Waals surface area contributed by atoms with Crippen molar-refractivity contribution in [2.24, 2.45) is 17.6 Å². The third kappa shape index (κ3) is 3.65. The van der Waals surface area contributed by atoms with Gasteiger partial charge in [-0.05, 0) is 18.1 Å². The number of likely N-dealkylation sites (tertiary alicyclic amines) is 1. The van der Waals surface area contributed by atoms with E-state index >= 15 is 0 Å². The highest BCUT2D eigenvalue weighted by Gasteiger charge is 2.35. The maximum Gasteiger partial charge on any atom is 0.260 e. The molecule has 6 heteroatoms. The molecule has 0 saturated carbocycles. The van der Waals surface area contributed by atoms with Crippen LogP contribution in [-0.2, 0) is 9.59 Å². The quantitative estimate of drug-likeness (QED) is 0.864. The Hall–Kier alpha value is -2.24. The number of hydrogen-bond acceptors (Lipinski definition) is 4. The number of hydrogen-bond donors (Lipinski definition) is 1. The first-order valence-electron chi connectivity index (χ1n) is 6.85. The Morgan fingerprint density at radius 2 is 2.05 bits per heavy atom. The van der Waals surface area contributed by atoms with E-state index in [1.165, 1.54) is 0 Å². The molecule has 1 saturated heterocycles. The molecule has 1 heterocycles. The molecule has 2 rings (SSSR count). The Kier molecular flexibility index (Phi) is 4.67. The minimum atomic E-state index is -0.355. The van der Waals surface area contributed by atoms with Crippen LogP contribution < -0.4 is 15.2 Å². The number of nitrogens with two attached hydrogens (primary N) is 1. The summed E-state index contributed by atoms with van der Waals surface area (Å²) in [6.45, 7) is 2.77. The highest BCUT2D eigenvalue weighted by Crippen LogP contribution is 2.23. The van der Waals surface area contributed by atoms with E-state index in [4.69, 9.17) is 15.2 Å². The second kappa shape index (κ2) is 6.47. The number of ether oxygens (including phenoxy) is 2. The van der Waals surface area contributed by atoms with Crippen LogP contribution in [0.2, 0.25) is 0 Å². The number of amides is 2. The number of benzene rings is 1. The number of rotatable bonds is 5. The Bertz CT molecular complexity index is 532. The molecule has 21 heavy (non-hydrogen) atoms. The van der Waals surface area contributed by atoms with Gasteiger partial charge in [0.25, 0.3) is 5.91 Å². The largest absolute Gasteiger partial charge is 0.497 e. The van der Waals surface area contributed by atoms with Crippen molar-refractivity contribution in [3.8, 4) is 11.5 Å². The van der Waals surface area contributed by atoms with Gasteiger partial charge in [-0.2, -0.15) is 0 Å². The summed E-state index contributed by atoms with van der Waals surface area (Å²) in [5, 5.41) is 0. The second-order valence-electron chi connectivity index (χ2n) is 5.25. The summed E-state index contributed by atoms with van der Waals surface area (Å²) < 4.78 is 10.6. The molecule has 0 radical (unpaired) electrons. The molecule has 2 amide bonds. The smallest absolute Gasteiger partial charge is 0.260 e. The summed E-state index contributed by atoms with van der Waals surface area (Å²) in [7, 11) is 1.57. The Morgan fingerprint density at radius 1 is 1.33 bits per heavy atom. The van der Waals surface area contributed by atoms with Crippen molar-refractivity contribution < 1.29 is 19.1 Å². The molecule has 0 bridgehead atoms. The predicted octanol–water partition coefficient (Wildman–Crippen LogP) is 0.654. The van der Waals surface area contributed by atoms with E-state index < -0.39 is 0 Å². The van der Waals surface area contributed by atoms with Crippen LogP contribution in [0.1, 0.15) is 6.92 Å². The summed E-state index contributed by atoms with van der Waals surface area (Å²) >= 11 is 0. The van der Waals surface area contributed by atoms with E-state index in [-0.39, 0.29) is 30.3 Å². The molecule has 1 aliphatic rings. The number of carbonyl (C=O) groups excluding carboxylic acids is 2. The lowest BCUT2D eigenvalue weighted by Crippen LogP contribution is -2.34. The van der Waals surface area contributed by atoms with Gasteiger partial charge in [-0.1, -0.05) is 13.0 Å². The zero-order valence-corrected chi connectivity index (χ0v) is 12.2. The maximum atomic E-state index is 12.1. The van der Waals surface area contributed by atoms with Crippen molar-refractivity contribution in [1.82, 2.24) is 4.90 Å². The molecule has 1 fully saturated rings. The Balaban J connectivity index is 1.89. The summed E-state index contributed by atoms with van der Waals surface area (Å²) in [5.41, 5.74) is 5.33. The van der Waals surface area contributed by atoms with Crippen LogP contribution >= 0.6 is 0 Å². The SMILES string of the molecule is COc1cccc(OCC(=O)N2C[C@@H](C)[C@H](C(N)=O)C2)c1. The Labute approximate surface area is 123 Å². The van der Waals surface area contributed by atoms with Crippen molar-refractivity contribution >= 4 is 11.8 Å². The topological polar surface area (TPSA) is 81.9 Å². The molecule has 0 aromatic heterocycles. The van der Waals surface area contributed by atoms with Crippen LogP contribution in [0.25, 0.3) is 0 Å². The van der Waals surface area contributed by atoms with E-state index in [9.17, 15) is 9.59 Å². The first-order chi connectivity index (χ1) is 10.0. The molecule has 1 aliphatic heterocycles. The molecule has 1 aromatic carbocycles. The molecule has 1 aromatic rings. The van der Waals surface area contributed by atoms with E-state index in [1.54, 1.807) is 36.3 Å². The summed E-state index contributed by atoms with van der Waals surface area (Å²) in [5.74, 6) is 0.555. The molecular weight excluding hydrogens is 272 g/mol. The van der Waals surface area contributed by atoms with Crippen LogP contribution in [-0.4, -0.2) is 43.5 Å². The lowest BCUT2D eigenvalue weighted by atomic mass is 9.98. The normalized spacial score (nSPS) is 21.1. The van der Waals surface area contributed by atoms with Gasteiger partial charge in [-0.15, -0.1) is 0 Å². The number of nitrogens with zero attached hydrogens (tertiary/aromatic N) is 1. The fourth-order valence-corrected chi connectivity index (χ4v) is 2.47. The van der Waals surface area contributed by atoms with Crippen LogP contribution in [0.5, 0.6) is 11.5 Å². The highest BCUT2D eigenvalue weighted by molar-refractivity contribution is 5.82. The molecule has 2 atom stereocenters. The van der Waals surface area contributed by atoms with E-state index in [0.717, 1.165) is 0 Å². The maximum absolute atomic E-state index is 12.1. The molecule has 2 N–H and O–H groups in total. The fourth-order valence-electron chi connectivity index (χ4n) is 2.47.